The lowest BCUT2D eigenvalue weighted by molar-refractivity contribution is -0.147. The van der Waals surface area contributed by atoms with E-state index in [4.69, 9.17) is 43.7 Å². The molecular weight excluding hydrogens is 1120 g/mol. The van der Waals surface area contributed by atoms with Gasteiger partial charge in [-0.25, -0.2) is 4.79 Å². The molecule has 33 heteroatoms. The van der Waals surface area contributed by atoms with E-state index < -0.39 is 187 Å². The molecule has 0 bridgehead atoms. The Morgan fingerprint density at radius 2 is 0.776 bits per heavy atom. The summed E-state index contributed by atoms with van der Waals surface area (Å²) in [7, 11) is 0. The summed E-state index contributed by atoms with van der Waals surface area (Å²) < 4.78 is 0. The van der Waals surface area contributed by atoms with Gasteiger partial charge in [0.2, 0.25) is 59.1 Å². The van der Waals surface area contributed by atoms with Gasteiger partial charge in [0.15, 0.2) is 0 Å². The predicted molar refractivity (Wildman–Crippen MR) is 304 cm³/mol. The van der Waals surface area contributed by atoms with Crippen molar-refractivity contribution in [3.63, 3.8) is 0 Å². The minimum atomic E-state index is -1.90. The molecule has 0 fully saturated rings. The third-order valence-electron chi connectivity index (χ3n) is 12.5. The average Bonchev–Trinajstić information content (AvgIpc) is 3.62. The summed E-state index contributed by atoms with van der Waals surface area (Å²) in [6.07, 6.45) is -1.63. The summed E-state index contributed by atoms with van der Waals surface area (Å²) in [5, 5.41) is 67.7. The first-order valence-corrected chi connectivity index (χ1v) is 28.0. The van der Waals surface area contributed by atoms with E-state index in [0.717, 1.165) is 20.8 Å². The minimum Gasteiger partial charge on any atom is -0.481 e. The molecule has 11 unspecified atom stereocenters. The molecule has 486 valence electrons. The number of carbonyl (C=O) groups excluding carboxylic acids is 10. The van der Waals surface area contributed by atoms with Crippen LogP contribution in [0.5, 0.6) is 0 Å². The van der Waals surface area contributed by atoms with Gasteiger partial charge >= 0.3 is 17.9 Å². The Hall–Kier alpha value is -7.62. The highest BCUT2D eigenvalue weighted by molar-refractivity contribution is 5.99. The van der Waals surface area contributed by atoms with Crippen LogP contribution < -0.4 is 76.5 Å². The van der Waals surface area contributed by atoms with Gasteiger partial charge in [-0.05, 0) is 116 Å². The van der Waals surface area contributed by atoms with Gasteiger partial charge in [0.25, 0.3) is 5.97 Å². The van der Waals surface area contributed by atoms with Gasteiger partial charge in [0.05, 0.1) is 18.6 Å². The van der Waals surface area contributed by atoms with Gasteiger partial charge in [0, 0.05) is 19.8 Å². The van der Waals surface area contributed by atoms with Gasteiger partial charge in [-0.15, -0.1) is 0 Å². The Morgan fingerprint density at radius 1 is 0.412 bits per heavy atom. The Morgan fingerprint density at radius 3 is 1.18 bits per heavy atom. The van der Waals surface area contributed by atoms with Gasteiger partial charge in [-0.1, -0.05) is 34.1 Å². The monoisotopic (exact) mass is 1220 g/mol. The van der Waals surface area contributed by atoms with Crippen LogP contribution in [0.2, 0.25) is 0 Å². The van der Waals surface area contributed by atoms with E-state index in [1.54, 1.807) is 27.7 Å². The molecule has 0 aromatic rings. The van der Waals surface area contributed by atoms with Crippen molar-refractivity contribution in [1.82, 2.24) is 47.9 Å². The SMILES string of the molecule is CC(=O)O.CC(C)CC(NC(=O)C(CCC(=O)O)NC(=O)C(CCC(N)=O)NC(=O)C(C)NC(=O)C(NC(=O)C(NC(=O)C(CCCCN)NC(=O)C(CCCCN)NC(=O)C(N)CCCCN)C(C)C)C(C)O)C(=O)NC(CC(=O)O)C(=O)O. The molecule has 0 aromatic heterocycles. The van der Waals surface area contributed by atoms with Gasteiger partial charge in [-0.2, -0.15) is 0 Å². The van der Waals surface area contributed by atoms with E-state index in [1.807, 2.05) is 5.32 Å². The summed E-state index contributed by atoms with van der Waals surface area (Å²) in [4.78, 5) is 178. The van der Waals surface area contributed by atoms with Crippen LogP contribution in [-0.2, 0) is 67.1 Å². The second-order valence-electron chi connectivity index (χ2n) is 21.0. The molecule has 0 saturated heterocycles. The number of hydrogen-bond donors (Lipinski definition) is 19. The number of hydrogen-bond acceptors (Lipinski definition) is 19. The van der Waals surface area contributed by atoms with E-state index >= 15 is 0 Å². The average molecular weight is 1220 g/mol. The molecular formula is C52H94N14O19. The fourth-order valence-electron chi connectivity index (χ4n) is 7.80. The number of amides is 10. The van der Waals surface area contributed by atoms with Crippen LogP contribution in [0.4, 0.5) is 0 Å². The number of nitrogens with two attached hydrogens (primary N) is 5. The molecule has 0 aliphatic rings. The number of carboxylic acid groups (broad SMARTS) is 4. The number of aliphatic carboxylic acids is 4. The fourth-order valence-corrected chi connectivity index (χ4v) is 7.80. The zero-order valence-corrected chi connectivity index (χ0v) is 49.6. The Labute approximate surface area is 493 Å². The van der Waals surface area contributed by atoms with Crippen molar-refractivity contribution in [2.75, 3.05) is 19.6 Å². The van der Waals surface area contributed by atoms with Crippen LogP contribution in [0.25, 0.3) is 0 Å². The number of nitrogens with one attached hydrogen (secondary N) is 9. The molecule has 0 heterocycles. The lowest BCUT2D eigenvalue weighted by Gasteiger charge is -2.29. The summed E-state index contributed by atoms with van der Waals surface area (Å²) in [6.45, 7) is 10.8. The molecule has 0 rings (SSSR count). The molecule has 0 aliphatic carbocycles. The van der Waals surface area contributed by atoms with Crippen molar-refractivity contribution in [3.05, 3.63) is 0 Å². The maximum absolute atomic E-state index is 14.0. The number of carbonyl (C=O) groups is 14. The summed E-state index contributed by atoms with van der Waals surface area (Å²) >= 11 is 0. The third-order valence-corrected chi connectivity index (χ3v) is 12.5. The Kier molecular flexibility index (Phi) is 40.3. The molecule has 33 nitrogen and oxygen atoms in total. The maximum Gasteiger partial charge on any atom is 0.326 e. The van der Waals surface area contributed by atoms with Crippen molar-refractivity contribution in [1.29, 1.82) is 0 Å². The highest BCUT2D eigenvalue weighted by atomic mass is 16.4. The van der Waals surface area contributed by atoms with Crippen molar-refractivity contribution in [2.45, 2.75) is 211 Å². The van der Waals surface area contributed by atoms with E-state index in [1.165, 1.54) is 0 Å². The van der Waals surface area contributed by atoms with Gasteiger partial charge < -0.3 is 102 Å². The normalized spacial score (nSPS) is 14.8. The highest BCUT2D eigenvalue weighted by Crippen LogP contribution is 2.12. The first kappa shape index (κ1) is 79.4. The minimum absolute atomic E-state index is 0.0588. The number of aliphatic hydroxyl groups is 1. The number of rotatable bonds is 43. The lowest BCUT2D eigenvalue weighted by atomic mass is 10.00. The number of aliphatic hydroxyl groups excluding tert-OH is 1. The molecule has 0 aromatic carbocycles. The van der Waals surface area contributed by atoms with Crippen molar-refractivity contribution in [3.8, 4) is 0 Å². The maximum atomic E-state index is 14.0. The molecule has 0 aliphatic heterocycles. The molecule has 10 amide bonds. The summed E-state index contributed by atoms with van der Waals surface area (Å²) in [6, 6.07) is -15.0. The first-order chi connectivity index (χ1) is 39.6. The van der Waals surface area contributed by atoms with E-state index in [2.05, 4.69) is 42.5 Å². The number of primary amides is 1. The Balaban J connectivity index is 0. The molecule has 85 heavy (non-hydrogen) atoms. The third kappa shape index (κ3) is 35.3. The van der Waals surface area contributed by atoms with Crippen LogP contribution in [-0.4, -0.2) is 195 Å². The second kappa shape index (κ2) is 43.1. The number of carboxylic acids is 4. The molecule has 11 atom stereocenters. The quantitative estimate of drug-likeness (QED) is 0.0254. The largest absolute Gasteiger partial charge is 0.481 e. The van der Waals surface area contributed by atoms with Crippen LogP contribution in [0.1, 0.15) is 145 Å². The summed E-state index contributed by atoms with van der Waals surface area (Å²) in [5.41, 5.74) is 28.3. The van der Waals surface area contributed by atoms with Crippen LogP contribution in [0, 0.1) is 11.8 Å². The van der Waals surface area contributed by atoms with Crippen molar-refractivity contribution in [2.24, 2.45) is 40.5 Å². The smallest absolute Gasteiger partial charge is 0.326 e. The standard InChI is InChI=1S/C50H90N14O17.C2H4O2/c1-25(2)23-34(47(77)62-35(50(80)81)24-38(69)70)61-45(75)33(17-19-37(67)68)60-44(74)32(16-18-36(55)66)57-41(71)27(5)56-49(79)40(28(6)65)64-48(78)39(26(3)4)63-46(76)31(15-9-12-22-53)59-43(73)30(14-8-11-21-52)58-42(72)29(54)13-7-10-20-51;1-2(3)4/h25-35,39-40,65H,7-24,51-54H2,1-6H3,(H2,55,66)(H,56,79)(H,57,71)(H,58,72)(H,59,73)(H,60,74)(H,61,75)(H,62,77)(H,63,76)(H,64,78)(H,67,68)(H,69,70)(H,80,81);1H3,(H,3,4). The number of unbranched alkanes of at least 4 members (excludes halogenated alkanes) is 3. The van der Waals surface area contributed by atoms with Crippen LogP contribution in [0.3, 0.4) is 0 Å². The molecule has 24 N–H and O–H groups in total. The zero-order chi connectivity index (χ0) is 65.7. The molecule has 0 spiro atoms. The lowest BCUT2D eigenvalue weighted by Crippen LogP contribution is -2.62. The topological polar surface area (TPSA) is 578 Å². The van der Waals surface area contributed by atoms with Crippen LogP contribution in [0.15, 0.2) is 0 Å². The Bertz CT molecular complexity index is 2220. The van der Waals surface area contributed by atoms with E-state index in [-0.39, 0.29) is 31.7 Å². The molecule has 0 saturated carbocycles. The van der Waals surface area contributed by atoms with Crippen molar-refractivity contribution >= 4 is 82.9 Å². The molecule has 0 radical (unpaired) electrons. The summed E-state index contributed by atoms with van der Waals surface area (Å²) in [5.74, 6) is -16.2. The van der Waals surface area contributed by atoms with E-state index in [0.29, 0.717) is 58.0 Å². The van der Waals surface area contributed by atoms with E-state index in [9.17, 15) is 77.6 Å². The zero-order valence-electron chi connectivity index (χ0n) is 49.6. The fraction of sp³-hybridized carbons (Fsp3) is 0.731. The highest BCUT2D eigenvalue weighted by Gasteiger charge is 2.37. The predicted octanol–water partition coefficient (Wildman–Crippen LogP) is -5.05. The van der Waals surface area contributed by atoms with Gasteiger partial charge in [-0.3, -0.25) is 62.3 Å². The first-order valence-electron chi connectivity index (χ1n) is 28.0. The second-order valence-corrected chi connectivity index (χ2v) is 21.0. The van der Waals surface area contributed by atoms with Crippen LogP contribution >= 0.6 is 0 Å². The van der Waals surface area contributed by atoms with Gasteiger partial charge in [0.1, 0.15) is 54.4 Å². The van der Waals surface area contributed by atoms with Crippen molar-refractivity contribution < 1.29 is 92.7 Å².